The van der Waals surface area contributed by atoms with E-state index in [0.717, 1.165) is 30.3 Å². The molecule has 3 heterocycles. The molecule has 2 fully saturated rings. The molecule has 2 aromatic carbocycles. The molecule has 3 aliphatic rings. The Hall–Kier alpha value is -4.21. The van der Waals surface area contributed by atoms with Gasteiger partial charge in [-0.3, -0.25) is 9.59 Å². The fourth-order valence-electron chi connectivity index (χ4n) is 7.42. The van der Waals surface area contributed by atoms with Crippen molar-refractivity contribution in [3.05, 3.63) is 76.4 Å². The minimum atomic E-state index is -4.64. The largest absolute Gasteiger partial charge is 0.416 e. The van der Waals surface area contributed by atoms with Gasteiger partial charge in [0.2, 0.25) is 0 Å². The Morgan fingerprint density at radius 3 is 2.65 bits per heavy atom. The molecule has 0 radical (unpaired) electrons. The van der Waals surface area contributed by atoms with E-state index in [1.807, 2.05) is 29.8 Å². The maximum absolute atomic E-state index is 14.4. The summed E-state index contributed by atoms with van der Waals surface area (Å²) >= 11 is 0. The quantitative estimate of drug-likeness (QED) is 0.369. The van der Waals surface area contributed by atoms with E-state index in [1.165, 1.54) is 4.90 Å². The van der Waals surface area contributed by atoms with E-state index < -0.39 is 23.2 Å². The summed E-state index contributed by atoms with van der Waals surface area (Å²) in [6, 6.07) is 10.2. The summed E-state index contributed by atoms with van der Waals surface area (Å²) in [6.07, 6.45) is -0.698. The number of methoxy groups -OCH3 is 1. The van der Waals surface area contributed by atoms with Gasteiger partial charge in [-0.25, -0.2) is 0 Å². The number of likely N-dealkylation sites (tertiary alicyclic amines) is 1. The van der Waals surface area contributed by atoms with Crippen molar-refractivity contribution in [3.8, 4) is 11.8 Å². The van der Waals surface area contributed by atoms with Crippen molar-refractivity contribution in [3.63, 3.8) is 0 Å². The molecule has 0 bridgehead atoms. The standard InChI is InChI=1S/C34H37F3N6O3/c1-5-7-29(44)42-11-10-32(20-42,46-4)19-38-17-23-12-26-27(28(13-23)34(35,36)37)18-43(30(26)45)25-9-6-8-24(14-25)33(15-22(2)16-33)31-40-39-21-41(31)3/h6,8-9,12-14,21-22,38H,10-11,15-20H2,1-4H3/t22?,32-,33?/m0/s1. The lowest BCUT2D eigenvalue weighted by molar-refractivity contribution is -0.138. The van der Waals surface area contributed by atoms with Gasteiger partial charge in [-0.15, -0.1) is 10.2 Å². The number of halogens is 3. The predicted molar refractivity (Wildman–Crippen MR) is 165 cm³/mol. The monoisotopic (exact) mass is 634 g/mol. The number of amides is 2. The second-order valence-electron chi connectivity index (χ2n) is 12.8. The van der Waals surface area contributed by atoms with Gasteiger partial charge >= 0.3 is 6.18 Å². The van der Waals surface area contributed by atoms with E-state index in [-0.39, 0.29) is 35.5 Å². The molecule has 242 valence electrons. The summed E-state index contributed by atoms with van der Waals surface area (Å²) in [7, 11) is 3.46. The molecule has 0 spiro atoms. The Balaban J connectivity index is 1.24. The van der Waals surface area contributed by atoms with Crippen molar-refractivity contribution in [1.82, 2.24) is 25.0 Å². The number of hydrogen-bond acceptors (Lipinski definition) is 6. The lowest BCUT2D eigenvalue weighted by Gasteiger charge is -2.46. The fourth-order valence-corrected chi connectivity index (χ4v) is 7.42. The van der Waals surface area contributed by atoms with Crippen molar-refractivity contribution < 1.29 is 27.5 Å². The Morgan fingerprint density at radius 2 is 2.00 bits per heavy atom. The highest BCUT2D eigenvalue weighted by Gasteiger charge is 2.48. The molecule has 9 nitrogen and oxygen atoms in total. The number of aryl methyl sites for hydroxylation is 1. The molecule has 1 saturated carbocycles. The third kappa shape index (κ3) is 5.56. The highest BCUT2D eigenvalue weighted by atomic mass is 19.4. The van der Waals surface area contributed by atoms with Crippen LogP contribution in [-0.2, 0) is 41.3 Å². The molecule has 0 unspecified atom stereocenters. The van der Waals surface area contributed by atoms with Gasteiger partial charge in [-0.05, 0) is 79.0 Å². The van der Waals surface area contributed by atoms with Crippen LogP contribution in [0.15, 0.2) is 42.7 Å². The number of alkyl halides is 3. The zero-order valence-electron chi connectivity index (χ0n) is 26.4. The molecular weight excluding hydrogens is 597 g/mol. The molecule has 3 aromatic rings. The van der Waals surface area contributed by atoms with Crippen LogP contribution < -0.4 is 10.2 Å². The van der Waals surface area contributed by atoms with Gasteiger partial charge in [0.15, 0.2) is 0 Å². The zero-order valence-corrected chi connectivity index (χ0v) is 26.4. The van der Waals surface area contributed by atoms with Gasteiger partial charge < -0.3 is 24.4 Å². The molecule has 1 aliphatic carbocycles. The van der Waals surface area contributed by atoms with Gasteiger partial charge in [0.1, 0.15) is 12.2 Å². The van der Waals surface area contributed by atoms with E-state index in [9.17, 15) is 22.8 Å². The van der Waals surface area contributed by atoms with Crippen LogP contribution >= 0.6 is 0 Å². The van der Waals surface area contributed by atoms with Crippen molar-refractivity contribution in [2.75, 3.05) is 31.6 Å². The molecule has 12 heteroatoms. The third-order valence-electron chi connectivity index (χ3n) is 9.70. The van der Waals surface area contributed by atoms with Crippen molar-refractivity contribution >= 4 is 17.5 Å². The first-order valence-corrected chi connectivity index (χ1v) is 15.4. The number of hydrogen-bond donors (Lipinski definition) is 1. The number of nitrogens with zero attached hydrogens (tertiary/aromatic N) is 5. The molecule has 1 N–H and O–H groups in total. The van der Waals surface area contributed by atoms with Crippen LogP contribution in [0.4, 0.5) is 18.9 Å². The Bertz CT molecular complexity index is 1740. The summed E-state index contributed by atoms with van der Waals surface area (Å²) in [5.41, 5.74) is -0.00115. The first kappa shape index (κ1) is 31.8. The van der Waals surface area contributed by atoms with Crippen LogP contribution in [0.2, 0.25) is 0 Å². The average molecular weight is 635 g/mol. The highest BCUT2D eigenvalue weighted by Crippen LogP contribution is 2.52. The lowest BCUT2D eigenvalue weighted by Crippen LogP contribution is -2.45. The summed E-state index contributed by atoms with van der Waals surface area (Å²) in [4.78, 5) is 29.1. The summed E-state index contributed by atoms with van der Waals surface area (Å²) in [6.45, 7) is 4.79. The Kier molecular flexibility index (Phi) is 8.19. The summed E-state index contributed by atoms with van der Waals surface area (Å²) < 4.78 is 50.9. The van der Waals surface area contributed by atoms with E-state index in [4.69, 9.17) is 4.74 Å². The minimum Gasteiger partial charge on any atom is -0.375 e. The third-order valence-corrected chi connectivity index (χ3v) is 9.70. The normalized spacial score (nSPS) is 24.1. The topological polar surface area (TPSA) is 92.6 Å². The lowest BCUT2D eigenvalue weighted by atomic mass is 9.58. The molecule has 1 atom stereocenters. The Morgan fingerprint density at radius 1 is 1.22 bits per heavy atom. The van der Waals surface area contributed by atoms with E-state index >= 15 is 0 Å². The summed E-state index contributed by atoms with van der Waals surface area (Å²) in [5, 5.41) is 11.7. The van der Waals surface area contributed by atoms with Crippen LogP contribution in [0.3, 0.4) is 0 Å². The predicted octanol–water partition coefficient (Wildman–Crippen LogP) is 4.44. The first-order chi connectivity index (χ1) is 21.9. The van der Waals surface area contributed by atoms with Gasteiger partial charge in [0, 0.05) is 45.0 Å². The smallest absolute Gasteiger partial charge is 0.375 e. The van der Waals surface area contributed by atoms with Crippen LogP contribution in [-0.4, -0.2) is 63.8 Å². The first-order valence-electron chi connectivity index (χ1n) is 15.4. The molecular formula is C34H37F3N6O3. The van der Waals surface area contributed by atoms with Crippen molar-refractivity contribution in [2.45, 2.75) is 63.4 Å². The second-order valence-corrected chi connectivity index (χ2v) is 12.8. The van der Waals surface area contributed by atoms with E-state index in [1.54, 1.807) is 37.4 Å². The molecule has 1 saturated heterocycles. The summed E-state index contributed by atoms with van der Waals surface area (Å²) in [5.74, 6) is 5.70. The number of anilines is 1. The highest BCUT2D eigenvalue weighted by molar-refractivity contribution is 6.10. The maximum Gasteiger partial charge on any atom is 0.416 e. The molecule has 46 heavy (non-hydrogen) atoms. The van der Waals surface area contributed by atoms with Crippen LogP contribution in [0.25, 0.3) is 0 Å². The maximum atomic E-state index is 14.4. The van der Waals surface area contributed by atoms with Gasteiger partial charge in [0.25, 0.3) is 11.8 Å². The fraction of sp³-hybridized carbons (Fsp3) is 0.471. The Labute approximate surface area is 266 Å². The SMILES string of the molecule is CC#CC(=O)N1CC[C@@](CNCc2cc3c(c(C(F)(F)F)c2)CN(c2cccc(C4(c5nncn5C)CC(C)C4)c2)C3=O)(OC)C1. The number of ether oxygens (including phenoxy) is 1. The van der Waals surface area contributed by atoms with Gasteiger partial charge in [-0.1, -0.05) is 25.0 Å². The van der Waals surface area contributed by atoms with Crippen molar-refractivity contribution in [1.29, 1.82) is 0 Å². The van der Waals surface area contributed by atoms with Crippen LogP contribution in [0.5, 0.6) is 0 Å². The second kappa shape index (κ2) is 11.9. The van der Waals surface area contributed by atoms with Crippen molar-refractivity contribution in [2.24, 2.45) is 13.0 Å². The number of nitrogens with one attached hydrogen (secondary N) is 1. The van der Waals surface area contributed by atoms with Gasteiger partial charge in [0.05, 0.1) is 29.7 Å². The number of carbonyl (C=O) groups is 2. The molecule has 2 aliphatic heterocycles. The van der Waals surface area contributed by atoms with Crippen LogP contribution in [0, 0.1) is 17.8 Å². The van der Waals surface area contributed by atoms with Gasteiger partial charge in [-0.2, -0.15) is 13.2 Å². The number of benzene rings is 2. The zero-order chi connectivity index (χ0) is 32.9. The molecule has 1 aromatic heterocycles. The average Bonchev–Trinajstić information content (AvgIpc) is 3.73. The number of rotatable bonds is 8. The molecule has 2 amide bonds. The van der Waals surface area contributed by atoms with E-state index in [2.05, 4.69) is 34.3 Å². The van der Waals surface area contributed by atoms with Crippen LogP contribution in [0.1, 0.15) is 71.5 Å². The van der Waals surface area contributed by atoms with E-state index in [0.29, 0.717) is 43.2 Å². The number of fused-ring (bicyclic) bond motifs is 1. The number of aromatic nitrogens is 3. The molecule has 6 rings (SSSR count). The minimum absolute atomic E-state index is 0.0257. The number of carbonyl (C=O) groups excluding carboxylic acids is 2.